The minimum atomic E-state index is -0.410. The van der Waals surface area contributed by atoms with E-state index in [1.807, 2.05) is 16.8 Å². The lowest BCUT2D eigenvalue weighted by molar-refractivity contribution is 0.477. The molecule has 0 fully saturated rings. The zero-order valence-electron chi connectivity index (χ0n) is 12.8. The summed E-state index contributed by atoms with van der Waals surface area (Å²) >= 11 is 5.83. The van der Waals surface area contributed by atoms with Gasteiger partial charge in [0.2, 0.25) is 0 Å². The van der Waals surface area contributed by atoms with Gasteiger partial charge in [-0.05, 0) is 35.9 Å². The largest absolute Gasteiger partial charge is 0.336 e. The highest BCUT2D eigenvalue weighted by molar-refractivity contribution is 6.30. The number of anilines is 2. The van der Waals surface area contributed by atoms with Crippen molar-refractivity contribution in [2.45, 2.75) is 13.1 Å². The van der Waals surface area contributed by atoms with E-state index in [0.29, 0.717) is 16.5 Å². The van der Waals surface area contributed by atoms with Crippen LogP contribution in [0.2, 0.25) is 5.02 Å². The molecule has 1 aliphatic rings. The number of fused-ring (bicyclic) bond motifs is 1. The Balaban J connectivity index is 1.81. The van der Waals surface area contributed by atoms with Crippen molar-refractivity contribution in [1.29, 1.82) is 0 Å². The highest BCUT2D eigenvalue weighted by Gasteiger charge is 2.22. The van der Waals surface area contributed by atoms with Crippen LogP contribution in [0.3, 0.4) is 0 Å². The Bertz CT molecular complexity index is 878. The monoisotopic (exact) mass is 343 g/mol. The first kappa shape index (κ1) is 15.1. The second-order valence-corrected chi connectivity index (χ2v) is 5.99. The lowest BCUT2D eigenvalue weighted by atomic mass is 10.1. The van der Waals surface area contributed by atoms with Gasteiger partial charge in [-0.1, -0.05) is 11.6 Å². The molecule has 24 heavy (non-hydrogen) atoms. The van der Waals surface area contributed by atoms with Crippen LogP contribution in [0.4, 0.5) is 15.9 Å². The van der Waals surface area contributed by atoms with Crippen LogP contribution in [0.5, 0.6) is 0 Å². The van der Waals surface area contributed by atoms with Crippen molar-refractivity contribution in [2.75, 3.05) is 11.9 Å². The van der Waals surface area contributed by atoms with Crippen molar-refractivity contribution < 1.29 is 4.39 Å². The van der Waals surface area contributed by atoms with Gasteiger partial charge < -0.3 is 10.6 Å². The van der Waals surface area contributed by atoms with Gasteiger partial charge in [0.1, 0.15) is 5.82 Å². The van der Waals surface area contributed by atoms with E-state index >= 15 is 0 Å². The molecule has 1 aromatic carbocycles. The zero-order chi connectivity index (χ0) is 16.5. The fourth-order valence-corrected chi connectivity index (χ4v) is 3.04. The number of pyridine rings is 1. The molecule has 0 amide bonds. The van der Waals surface area contributed by atoms with E-state index in [0.717, 1.165) is 36.5 Å². The van der Waals surface area contributed by atoms with Crippen molar-refractivity contribution in [3.63, 3.8) is 0 Å². The van der Waals surface area contributed by atoms with Gasteiger partial charge in [-0.15, -0.1) is 0 Å². The van der Waals surface area contributed by atoms with E-state index in [4.69, 9.17) is 11.6 Å². The second kappa shape index (κ2) is 6.22. The van der Waals surface area contributed by atoms with Crippen LogP contribution in [0, 0.1) is 5.82 Å². The van der Waals surface area contributed by atoms with Gasteiger partial charge in [-0.25, -0.2) is 4.39 Å². The summed E-state index contributed by atoms with van der Waals surface area (Å²) in [4.78, 5) is 4.07. The maximum Gasteiger partial charge on any atom is 0.160 e. The standard InChI is InChI=1S/C17H15ClFN5/c18-12-1-2-14(13(19)9-12)22-17-16(11-3-5-20-6-4-11)15-10-21-7-8-24(15)23-17/h1-6,9,21H,7-8,10H2,(H,22,23). The molecule has 0 aliphatic carbocycles. The normalized spacial score (nSPS) is 13.6. The van der Waals surface area contributed by atoms with E-state index in [2.05, 4.69) is 20.7 Å². The number of hydrogen-bond donors (Lipinski definition) is 2. The van der Waals surface area contributed by atoms with E-state index in [9.17, 15) is 4.39 Å². The molecule has 1 aliphatic heterocycles. The van der Waals surface area contributed by atoms with Crippen LogP contribution in [0.25, 0.3) is 11.1 Å². The lowest BCUT2D eigenvalue weighted by Crippen LogP contribution is -2.28. The van der Waals surface area contributed by atoms with Gasteiger partial charge in [0.25, 0.3) is 0 Å². The van der Waals surface area contributed by atoms with Crippen LogP contribution >= 0.6 is 11.6 Å². The molecule has 0 saturated heterocycles. The Morgan fingerprint density at radius 3 is 2.83 bits per heavy atom. The summed E-state index contributed by atoms with van der Waals surface area (Å²) in [6, 6.07) is 8.40. The van der Waals surface area contributed by atoms with Crippen molar-refractivity contribution in [3.8, 4) is 11.1 Å². The van der Waals surface area contributed by atoms with Gasteiger partial charge in [-0.3, -0.25) is 9.67 Å². The summed E-state index contributed by atoms with van der Waals surface area (Å²) < 4.78 is 16.1. The van der Waals surface area contributed by atoms with Crippen molar-refractivity contribution in [1.82, 2.24) is 20.1 Å². The van der Waals surface area contributed by atoms with E-state index < -0.39 is 5.82 Å². The number of benzene rings is 1. The molecule has 122 valence electrons. The minimum Gasteiger partial charge on any atom is -0.336 e. The average Bonchev–Trinajstić information content (AvgIpc) is 2.96. The first-order chi connectivity index (χ1) is 11.7. The number of halogens is 2. The Labute approximate surface area is 143 Å². The predicted octanol–water partition coefficient (Wildman–Crippen LogP) is 3.58. The van der Waals surface area contributed by atoms with Gasteiger partial charge in [0, 0.05) is 36.1 Å². The molecule has 3 aromatic rings. The van der Waals surface area contributed by atoms with Crippen molar-refractivity contribution in [3.05, 3.63) is 59.3 Å². The Morgan fingerprint density at radius 1 is 1.21 bits per heavy atom. The summed E-state index contributed by atoms with van der Waals surface area (Å²) in [5.74, 6) is 0.216. The maximum atomic E-state index is 14.1. The van der Waals surface area contributed by atoms with Crippen LogP contribution in [-0.2, 0) is 13.1 Å². The third kappa shape index (κ3) is 2.74. The summed E-state index contributed by atoms with van der Waals surface area (Å²) in [5, 5.41) is 11.5. The molecule has 0 unspecified atom stereocenters. The van der Waals surface area contributed by atoms with Crippen molar-refractivity contribution >= 4 is 23.1 Å². The molecule has 0 atom stereocenters. The molecule has 0 bridgehead atoms. The smallest absolute Gasteiger partial charge is 0.160 e. The van der Waals surface area contributed by atoms with Gasteiger partial charge in [0.15, 0.2) is 5.82 Å². The fourth-order valence-electron chi connectivity index (χ4n) is 2.88. The molecular formula is C17H15ClFN5. The average molecular weight is 344 g/mol. The Kier molecular flexibility index (Phi) is 3.92. The molecule has 4 rings (SSSR count). The first-order valence-electron chi connectivity index (χ1n) is 7.65. The number of nitrogens with zero attached hydrogens (tertiary/aromatic N) is 3. The lowest BCUT2D eigenvalue weighted by Gasteiger charge is -2.16. The molecule has 0 saturated carbocycles. The maximum absolute atomic E-state index is 14.1. The summed E-state index contributed by atoms with van der Waals surface area (Å²) in [5.41, 5.74) is 3.37. The number of nitrogens with one attached hydrogen (secondary N) is 2. The summed E-state index contributed by atoms with van der Waals surface area (Å²) in [6.07, 6.45) is 3.48. The molecule has 2 N–H and O–H groups in total. The van der Waals surface area contributed by atoms with E-state index in [1.165, 1.54) is 6.07 Å². The molecule has 0 spiro atoms. The second-order valence-electron chi connectivity index (χ2n) is 5.56. The number of hydrogen-bond acceptors (Lipinski definition) is 4. The zero-order valence-corrected chi connectivity index (χ0v) is 13.5. The third-order valence-electron chi connectivity index (χ3n) is 4.00. The molecular weight excluding hydrogens is 329 g/mol. The number of aromatic nitrogens is 3. The van der Waals surface area contributed by atoms with Gasteiger partial charge in [0.05, 0.1) is 17.9 Å². The molecule has 5 nitrogen and oxygen atoms in total. The van der Waals surface area contributed by atoms with Crippen LogP contribution in [0.1, 0.15) is 5.69 Å². The van der Waals surface area contributed by atoms with Crippen LogP contribution in [0.15, 0.2) is 42.7 Å². The topological polar surface area (TPSA) is 54.8 Å². The van der Waals surface area contributed by atoms with Crippen LogP contribution < -0.4 is 10.6 Å². The SMILES string of the molecule is Fc1cc(Cl)ccc1Nc1nn2c(c1-c1ccncc1)CNCC2. The molecule has 0 radical (unpaired) electrons. The van der Waals surface area contributed by atoms with Gasteiger partial charge >= 0.3 is 0 Å². The highest BCUT2D eigenvalue weighted by Crippen LogP contribution is 2.34. The van der Waals surface area contributed by atoms with E-state index in [-0.39, 0.29) is 0 Å². The highest BCUT2D eigenvalue weighted by atomic mass is 35.5. The van der Waals surface area contributed by atoms with Gasteiger partial charge in [-0.2, -0.15) is 5.10 Å². The Morgan fingerprint density at radius 2 is 2.04 bits per heavy atom. The summed E-state index contributed by atoms with van der Waals surface area (Å²) in [7, 11) is 0. The molecule has 3 heterocycles. The van der Waals surface area contributed by atoms with Crippen molar-refractivity contribution in [2.24, 2.45) is 0 Å². The fraction of sp³-hybridized carbons (Fsp3) is 0.176. The first-order valence-corrected chi connectivity index (χ1v) is 8.03. The summed E-state index contributed by atoms with van der Waals surface area (Å²) in [6.45, 7) is 2.35. The third-order valence-corrected chi connectivity index (χ3v) is 4.24. The van der Waals surface area contributed by atoms with Crippen LogP contribution in [-0.4, -0.2) is 21.3 Å². The quantitative estimate of drug-likeness (QED) is 0.763. The predicted molar refractivity (Wildman–Crippen MR) is 91.9 cm³/mol. The van der Waals surface area contributed by atoms with E-state index in [1.54, 1.807) is 24.5 Å². The molecule has 2 aromatic heterocycles. The molecule has 7 heteroatoms. The minimum absolute atomic E-state index is 0.345. The Hall–Kier alpha value is -2.44. The number of rotatable bonds is 3.